The molecule has 0 spiro atoms. The van der Waals surface area contributed by atoms with Gasteiger partial charge in [0.15, 0.2) is 5.13 Å². The number of methoxy groups -OCH3 is 1. The van der Waals surface area contributed by atoms with Gasteiger partial charge in [0.25, 0.3) is 0 Å². The summed E-state index contributed by atoms with van der Waals surface area (Å²) in [6.45, 7) is 2.47. The van der Waals surface area contributed by atoms with E-state index in [1.54, 1.807) is 18.3 Å². The summed E-state index contributed by atoms with van der Waals surface area (Å²) < 4.78 is 11.7. The molecule has 1 amide bonds. The zero-order chi connectivity index (χ0) is 16.9. The average molecular weight is 344 g/mol. The van der Waals surface area contributed by atoms with Crippen LogP contribution in [0.2, 0.25) is 0 Å². The molecule has 0 N–H and O–H groups in total. The normalized spacial score (nSPS) is 10.9. The first kappa shape index (κ1) is 16.5. The second-order valence-corrected chi connectivity index (χ2v) is 6.50. The number of unbranched alkanes of at least 4 members (excludes halogenated alkanes) is 1. The van der Waals surface area contributed by atoms with Gasteiger partial charge in [-0.3, -0.25) is 9.69 Å². The quantitative estimate of drug-likeness (QED) is 0.627. The van der Waals surface area contributed by atoms with Crippen molar-refractivity contribution in [3.8, 4) is 5.75 Å². The lowest BCUT2D eigenvalue weighted by Gasteiger charge is -2.18. The number of rotatable bonds is 7. The van der Waals surface area contributed by atoms with E-state index in [4.69, 9.17) is 9.15 Å². The average Bonchev–Trinajstić information content (AvgIpc) is 3.25. The van der Waals surface area contributed by atoms with Crippen molar-refractivity contribution in [3.63, 3.8) is 0 Å². The Balaban J connectivity index is 1.92. The Morgan fingerprint density at radius 1 is 1.38 bits per heavy atom. The maximum Gasteiger partial charge on any atom is 0.229 e. The van der Waals surface area contributed by atoms with Gasteiger partial charge in [-0.25, -0.2) is 4.98 Å². The van der Waals surface area contributed by atoms with Crippen molar-refractivity contribution in [1.29, 1.82) is 0 Å². The van der Waals surface area contributed by atoms with Gasteiger partial charge in [0.1, 0.15) is 11.5 Å². The maximum atomic E-state index is 12.7. The van der Waals surface area contributed by atoms with Crippen LogP contribution in [0.3, 0.4) is 0 Å². The van der Waals surface area contributed by atoms with Crippen molar-refractivity contribution >= 4 is 32.6 Å². The van der Waals surface area contributed by atoms with Crippen molar-refractivity contribution in [2.75, 3.05) is 12.0 Å². The highest BCUT2D eigenvalue weighted by Crippen LogP contribution is 2.32. The van der Waals surface area contributed by atoms with Crippen LogP contribution in [0, 0.1) is 0 Å². The van der Waals surface area contributed by atoms with E-state index in [0.717, 1.165) is 34.6 Å². The molecule has 0 aliphatic carbocycles. The summed E-state index contributed by atoms with van der Waals surface area (Å²) in [5.74, 6) is 1.60. The Morgan fingerprint density at radius 2 is 2.25 bits per heavy atom. The second-order valence-electron chi connectivity index (χ2n) is 5.49. The highest BCUT2D eigenvalue weighted by Gasteiger charge is 2.21. The molecule has 0 atom stereocenters. The van der Waals surface area contributed by atoms with E-state index in [-0.39, 0.29) is 5.91 Å². The molecule has 6 heteroatoms. The molecular weight excluding hydrogens is 324 g/mol. The van der Waals surface area contributed by atoms with E-state index in [1.807, 2.05) is 30.3 Å². The first-order valence-corrected chi connectivity index (χ1v) is 8.80. The lowest BCUT2D eigenvalue weighted by molar-refractivity contribution is -0.118. The molecule has 0 saturated heterocycles. The number of anilines is 1. The van der Waals surface area contributed by atoms with Crippen molar-refractivity contribution in [2.24, 2.45) is 0 Å². The summed E-state index contributed by atoms with van der Waals surface area (Å²) >= 11 is 1.49. The molecule has 0 saturated carbocycles. The van der Waals surface area contributed by atoms with Crippen LogP contribution in [0.5, 0.6) is 5.75 Å². The highest BCUT2D eigenvalue weighted by molar-refractivity contribution is 7.22. The molecule has 24 heavy (non-hydrogen) atoms. The second kappa shape index (κ2) is 7.49. The molecule has 126 valence electrons. The van der Waals surface area contributed by atoms with Gasteiger partial charge < -0.3 is 9.15 Å². The third-order valence-electron chi connectivity index (χ3n) is 3.75. The zero-order valence-corrected chi connectivity index (χ0v) is 14.6. The summed E-state index contributed by atoms with van der Waals surface area (Å²) in [6.07, 6.45) is 3.98. The minimum atomic E-state index is 0.0688. The van der Waals surface area contributed by atoms with Crippen molar-refractivity contribution in [1.82, 2.24) is 4.98 Å². The number of hydrogen-bond acceptors (Lipinski definition) is 5. The number of aromatic nitrogens is 1. The van der Waals surface area contributed by atoms with Crippen molar-refractivity contribution < 1.29 is 13.9 Å². The van der Waals surface area contributed by atoms with Crippen LogP contribution < -0.4 is 9.64 Å². The van der Waals surface area contributed by atoms with Gasteiger partial charge in [0.2, 0.25) is 5.91 Å². The molecule has 0 aliphatic heterocycles. The van der Waals surface area contributed by atoms with Gasteiger partial charge in [0.05, 0.1) is 30.1 Å². The van der Waals surface area contributed by atoms with Crippen LogP contribution in [0.15, 0.2) is 41.0 Å². The molecule has 3 rings (SSSR count). The van der Waals surface area contributed by atoms with E-state index in [1.165, 1.54) is 11.3 Å². The van der Waals surface area contributed by atoms with E-state index >= 15 is 0 Å². The Labute approximate surface area is 144 Å². The smallest absolute Gasteiger partial charge is 0.229 e. The number of furan rings is 1. The predicted molar refractivity (Wildman–Crippen MR) is 95.6 cm³/mol. The van der Waals surface area contributed by atoms with E-state index in [0.29, 0.717) is 18.1 Å². The van der Waals surface area contributed by atoms with Gasteiger partial charge in [0, 0.05) is 6.42 Å². The molecule has 0 radical (unpaired) electrons. The number of fused-ring (bicyclic) bond motifs is 1. The Hall–Kier alpha value is -2.34. The number of amides is 1. The largest absolute Gasteiger partial charge is 0.497 e. The Bertz CT molecular complexity index is 811. The fourth-order valence-electron chi connectivity index (χ4n) is 2.42. The van der Waals surface area contributed by atoms with Crippen LogP contribution in [-0.2, 0) is 11.3 Å². The summed E-state index contributed by atoms with van der Waals surface area (Å²) in [4.78, 5) is 19.0. The number of ether oxygens (including phenoxy) is 1. The van der Waals surface area contributed by atoms with E-state index in [2.05, 4.69) is 11.9 Å². The number of carbonyl (C=O) groups is 1. The zero-order valence-electron chi connectivity index (χ0n) is 13.8. The number of thiazole rings is 1. The van der Waals surface area contributed by atoms with Gasteiger partial charge in [-0.05, 0) is 36.8 Å². The molecule has 1 aromatic carbocycles. The standard InChI is InChI=1S/C18H20N2O3S/c1-3-4-7-17(21)20(12-14-6-5-10-23-14)18-19-15-9-8-13(22-2)11-16(15)24-18/h5-6,8-11H,3-4,7,12H2,1-2H3. The molecule has 2 heterocycles. The molecule has 5 nitrogen and oxygen atoms in total. The number of hydrogen-bond donors (Lipinski definition) is 0. The number of carbonyl (C=O) groups excluding carboxylic acids is 1. The number of benzene rings is 1. The van der Waals surface area contributed by atoms with Crippen LogP contribution in [-0.4, -0.2) is 18.0 Å². The highest BCUT2D eigenvalue weighted by atomic mass is 32.1. The van der Waals surface area contributed by atoms with Gasteiger partial charge in [-0.15, -0.1) is 0 Å². The molecule has 0 unspecified atom stereocenters. The third-order valence-corrected chi connectivity index (χ3v) is 4.80. The molecule has 2 aromatic heterocycles. The Kier molecular flexibility index (Phi) is 5.15. The van der Waals surface area contributed by atoms with Crippen LogP contribution in [0.25, 0.3) is 10.2 Å². The Morgan fingerprint density at radius 3 is 2.96 bits per heavy atom. The van der Waals surface area contributed by atoms with Crippen molar-refractivity contribution in [2.45, 2.75) is 32.7 Å². The van der Waals surface area contributed by atoms with Gasteiger partial charge in [-0.1, -0.05) is 24.7 Å². The van der Waals surface area contributed by atoms with Gasteiger partial charge in [-0.2, -0.15) is 0 Å². The van der Waals surface area contributed by atoms with Crippen LogP contribution in [0.4, 0.5) is 5.13 Å². The van der Waals surface area contributed by atoms with Crippen molar-refractivity contribution in [3.05, 3.63) is 42.4 Å². The topological polar surface area (TPSA) is 55.6 Å². The maximum absolute atomic E-state index is 12.7. The van der Waals surface area contributed by atoms with Crippen LogP contribution >= 0.6 is 11.3 Å². The fourth-order valence-corrected chi connectivity index (χ4v) is 3.43. The minimum absolute atomic E-state index is 0.0688. The molecule has 0 bridgehead atoms. The minimum Gasteiger partial charge on any atom is -0.497 e. The third kappa shape index (κ3) is 3.59. The lowest BCUT2D eigenvalue weighted by Crippen LogP contribution is -2.29. The monoisotopic (exact) mass is 344 g/mol. The number of nitrogens with zero attached hydrogens (tertiary/aromatic N) is 2. The molecular formula is C18H20N2O3S. The SMILES string of the molecule is CCCCC(=O)N(Cc1ccco1)c1nc2ccc(OC)cc2s1. The summed E-state index contributed by atoms with van der Waals surface area (Å²) in [5, 5.41) is 0.691. The fraction of sp³-hybridized carbons (Fsp3) is 0.333. The molecule has 3 aromatic rings. The summed E-state index contributed by atoms with van der Waals surface area (Å²) in [5.41, 5.74) is 0.864. The summed E-state index contributed by atoms with van der Waals surface area (Å²) in [7, 11) is 1.64. The van der Waals surface area contributed by atoms with E-state index < -0.39 is 0 Å². The molecule has 0 aliphatic rings. The van der Waals surface area contributed by atoms with Crippen LogP contribution in [0.1, 0.15) is 31.9 Å². The first-order chi connectivity index (χ1) is 11.7. The first-order valence-electron chi connectivity index (χ1n) is 7.98. The lowest BCUT2D eigenvalue weighted by atomic mass is 10.2. The van der Waals surface area contributed by atoms with Gasteiger partial charge >= 0.3 is 0 Å². The summed E-state index contributed by atoms with van der Waals surface area (Å²) in [6, 6.07) is 9.43. The molecule has 0 fully saturated rings. The predicted octanol–water partition coefficient (Wildman–Crippen LogP) is 4.62. The van der Waals surface area contributed by atoms with E-state index in [9.17, 15) is 4.79 Å².